The molecule has 2 heterocycles. The van der Waals surface area contributed by atoms with E-state index in [0.717, 1.165) is 0 Å². The van der Waals surface area contributed by atoms with E-state index in [1.54, 1.807) is 36.4 Å². The first-order valence-electron chi connectivity index (χ1n) is 8.88. The summed E-state index contributed by atoms with van der Waals surface area (Å²) in [6.45, 7) is 1.03. The molecule has 1 aliphatic carbocycles. The summed E-state index contributed by atoms with van der Waals surface area (Å²) in [6, 6.07) is 7.08. The Balaban J connectivity index is 1.45. The number of aliphatic hydroxyl groups is 1. The molecule has 5 nitrogen and oxygen atoms in total. The largest absolute Gasteiger partial charge is 0.488 e. The van der Waals surface area contributed by atoms with Crippen molar-refractivity contribution in [3.63, 3.8) is 0 Å². The molecule has 2 saturated heterocycles. The Morgan fingerprint density at radius 3 is 2.88 bits per heavy atom. The van der Waals surface area contributed by atoms with Gasteiger partial charge in [-0.15, -0.1) is 0 Å². The predicted octanol–water partition coefficient (Wildman–Crippen LogP) is 3.10. The van der Waals surface area contributed by atoms with Gasteiger partial charge >= 0.3 is 0 Å². The van der Waals surface area contributed by atoms with Crippen LogP contribution in [0.3, 0.4) is 0 Å². The standard InChI is InChI=1S/C19H22ClFO5/c20-12-2-1-3-13(8-12)23-11-19(24-6-7-25-19)5-4-14-15-9-18(22)26-17(15)10-16(14)21/h1-5,8,14-18,22H,6-7,9-11H2/t14-,15-,16+,17+,18?/m1/s1. The molecule has 5 atom stereocenters. The zero-order chi connectivity index (χ0) is 18.1. The fourth-order valence-corrected chi connectivity index (χ4v) is 4.17. The molecular weight excluding hydrogens is 363 g/mol. The Bertz CT molecular complexity index is 663. The van der Waals surface area contributed by atoms with Gasteiger partial charge in [0.15, 0.2) is 6.29 Å². The second-order valence-electron chi connectivity index (χ2n) is 6.97. The summed E-state index contributed by atoms with van der Waals surface area (Å²) in [7, 11) is 0. The molecule has 4 rings (SSSR count). The van der Waals surface area contributed by atoms with Crippen LogP contribution >= 0.6 is 11.6 Å². The molecule has 0 aromatic heterocycles. The van der Waals surface area contributed by atoms with Crippen molar-refractivity contribution in [2.45, 2.75) is 37.2 Å². The van der Waals surface area contributed by atoms with Crippen LogP contribution in [0.5, 0.6) is 5.75 Å². The maximum absolute atomic E-state index is 14.4. The third-order valence-corrected chi connectivity index (χ3v) is 5.47. The van der Waals surface area contributed by atoms with Crippen molar-refractivity contribution in [1.29, 1.82) is 0 Å². The summed E-state index contributed by atoms with van der Waals surface area (Å²) in [5, 5.41) is 10.2. The van der Waals surface area contributed by atoms with E-state index < -0.39 is 18.2 Å². The Morgan fingerprint density at radius 1 is 1.31 bits per heavy atom. The molecule has 1 aromatic rings. The SMILES string of the molecule is OC1C[C@@H]2[C@@H](C=CC3(COc4cccc(Cl)c4)OCCO3)[C@@H](F)C[C@@H]2O1. The molecule has 1 N–H and O–H groups in total. The van der Waals surface area contributed by atoms with Crippen LogP contribution in [0.4, 0.5) is 4.39 Å². The molecule has 0 bridgehead atoms. The fourth-order valence-electron chi connectivity index (χ4n) is 3.99. The first kappa shape index (κ1) is 18.2. The lowest BCUT2D eigenvalue weighted by Gasteiger charge is -2.25. The van der Waals surface area contributed by atoms with Gasteiger partial charge in [-0.2, -0.15) is 0 Å². The highest BCUT2D eigenvalue weighted by Crippen LogP contribution is 2.45. The summed E-state index contributed by atoms with van der Waals surface area (Å²) in [5.41, 5.74) is 0. The minimum Gasteiger partial charge on any atom is -0.488 e. The third kappa shape index (κ3) is 3.75. The highest BCUT2D eigenvalue weighted by atomic mass is 35.5. The minimum atomic E-state index is -1.04. The van der Waals surface area contributed by atoms with Gasteiger partial charge in [-0.3, -0.25) is 0 Å². The van der Waals surface area contributed by atoms with E-state index in [0.29, 0.717) is 36.8 Å². The molecule has 0 radical (unpaired) electrons. The average Bonchev–Trinajstić information content (AvgIpc) is 3.27. The Kier molecular flexibility index (Phi) is 5.21. The maximum atomic E-state index is 14.4. The van der Waals surface area contributed by atoms with Crippen molar-refractivity contribution in [3.8, 4) is 5.75 Å². The number of ether oxygens (including phenoxy) is 4. The topological polar surface area (TPSA) is 57.2 Å². The van der Waals surface area contributed by atoms with E-state index in [1.807, 2.05) is 0 Å². The predicted molar refractivity (Wildman–Crippen MR) is 92.7 cm³/mol. The normalized spacial score (nSPS) is 35.9. The fraction of sp³-hybridized carbons (Fsp3) is 0.579. The Labute approximate surface area is 156 Å². The van der Waals surface area contributed by atoms with Gasteiger partial charge in [-0.05, 0) is 30.2 Å². The van der Waals surface area contributed by atoms with E-state index in [1.165, 1.54) is 0 Å². The number of rotatable bonds is 5. The van der Waals surface area contributed by atoms with Gasteiger partial charge < -0.3 is 24.1 Å². The molecule has 0 amide bonds. The first-order valence-corrected chi connectivity index (χ1v) is 9.26. The quantitative estimate of drug-likeness (QED) is 0.790. The van der Waals surface area contributed by atoms with Crippen molar-refractivity contribution in [2.24, 2.45) is 11.8 Å². The second kappa shape index (κ2) is 7.44. The van der Waals surface area contributed by atoms with E-state index in [2.05, 4.69) is 0 Å². The van der Waals surface area contributed by atoms with Gasteiger partial charge in [0.1, 0.15) is 18.5 Å². The number of alkyl halides is 1. The van der Waals surface area contributed by atoms with Crippen LogP contribution in [0.25, 0.3) is 0 Å². The Morgan fingerprint density at radius 2 is 2.12 bits per heavy atom. The first-order chi connectivity index (χ1) is 12.5. The van der Waals surface area contributed by atoms with Gasteiger partial charge in [0.2, 0.25) is 5.79 Å². The molecule has 3 aliphatic rings. The van der Waals surface area contributed by atoms with Crippen LogP contribution in [0.1, 0.15) is 12.8 Å². The summed E-state index contributed by atoms with van der Waals surface area (Å²) in [6.07, 6.45) is 2.28. The zero-order valence-corrected chi connectivity index (χ0v) is 15.0. The summed E-state index contributed by atoms with van der Waals surface area (Å²) in [5.74, 6) is -0.782. The number of allylic oxidation sites excluding steroid dienone is 1. The molecule has 1 unspecified atom stereocenters. The van der Waals surface area contributed by atoms with Crippen molar-refractivity contribution >= 4 is 11.6 Å². The molecule has 142 valence electrons. The maximum Gasteiger partial charge on any atom is 0.223 e. The molecule has 1 saturated carbocycles. The van der Waals surface area contributed by atoms with Gasteiger partial charge in [-0.1, -0.05) is 23.7 Å². The highest BCUT2D eigenvalue weighted by molar-refractivity contribution is 6.30. The van der Waals surface area contributed by atoms with E-state index in [-0.39, 0.29) is 24.5 Å². The van der Waals surface area contributed by atoms with Crippen molar-refractivity contribution in [2.75, 3.05) is 19.8 Å². The van der Waals surface area contributed by atoms with Gasteiger partial charge in [0.25, 0.3) is 0 Å². The van der Waals surface area contributed by atoms with Gasteiger partial charge in [0, 0.05) is 23.8 Å². The van der Waals surface area contributed by atoms with E-state index in [4.69, 9.17) is 30.5 Å². The number of hydrogen-bond acceptors (Lipinski definition) is 5. The molecule has 0 spiro atoms. The summed E-state index contributed by atoms with van der Waals surface area (Å²) in [4.78, 5) is 0. The third-order valence-electron chi connectivity index (χ3n) is 5.24. The highest BCUT2D eigenvalue weighted by Gasteiger charge is 2.49. The molecule has 7 heteroatoms. The lowest BCUT2D eigenvalue weighted by atomic mass is 9.91. The number of benzene rings is 1. The molecular formula is C19H22ClFO5. The second-order valence-corrected chi connectivity index (χ2v) is 7.41. The molecule has 1 aromatic carbocycles. The van der Waals surface area contributed by atoms with Crippen LogP contribution in [-0.4, -0.2) is 49.3 Å². The van der Waals surface area contributed by atoms with E-state index in [9.17, 15) is 9.50 Å². The average molecular weight is 385 g/mol. The number of fused-ring (bicyclic) bond motifs is 1. The molecule has 3 fully saturated rings. The van der Waals surface area contributed by atoms with E-state index >= 15 is 0 Å². The van der Waals surface area contributed by atoms with Crippen LogP contribution < -0.4 is 4.74 Å². The summed E-state index contributed by atoms with van der Waals surface area (Å²) >= 11 is 5.97. The number of aliphatic hydroxyl groups excluding tert-OH is 1. The van der Waals surface area contributed by atoms with Crippen molar-refractivity contribution < 1.29 is 28.4 Å². The molecule has 26 heavy (non-hydrogen) atoms. The lowest BCUT2D eigenvalue weighted by molar-refractivity contribution is -0.139. The summed E-state index contributed by atoms with van der Waals surface area (Å²) < 4.78 is 37.0. The van der Waals surface area contributed by atoms with Crippen LogP contribution in [-0.2, 0) is 14.2 Å². The van der Waals surface area contributed by atoms with Gasteiger partial charge in [0.05, 0.1) is 19.3 Å². The van der Waals surface area contributed by atoms with Crippen LogP contribution in [0.15, 0.2) is 36.4 Å². The minimum absolute atomic E-state index is 0.0245. The number of halogens is 2. The smallest absolute Gasteiger partial charge is 0.223 e. The van der Waals surface area contributed by atoms with Crippen molar-refractivity contribution in [1.82, 2.24) is 0 Å². The molecule has 2 aliphatic heterocycles. The monoisotopic (exact) mass is 384 g/mol. The van der Waals surface area contributed by atoms with Crippen LogP contribution in [0, 0.1) is 11.8 Å². The van der Waals surface area contributed by atoms with Crippen LogP contribution in [0.2, 0.25) is 5.02 Å². The van der Waals surface area contributed by atoms with Crippen molar-refractivity contribution in [3.05, 3.63) is 41.4 Å². The zero-order valence-electron chi connectivity index (χ0n) is 14.2. The number of hydrogen-bond donors (Lipinski definition) is 1. The lowest BCUT2D eigenvalue weighted by Crippen LogP contribution is -2.35. The Hall–Kier alpha value is -1.18. The van der Waals surface area contributed by atoms with Gasteiger partial charge in [-0.25, -0.2) is 4.39 Å².